The molecule has 0 heterocycles. The number of halogens is 1. The van der Waals surface area contributed by atoms with E-state index in [4.69, 9.17) is 4.74 Å². The smallest absolute Gasteiger partial charge is 0.261 e. The van der Waals surface area contributed by atoms with Crippen molar-refractivity contribution in [3.63, 3.8) is 0 Å². The monoisotopic (exact) mass is 426 g/mol. The summed E-state index contributed by atoms with van der Waals surface area (Å²) in [6.45, 7) is 0.985. The van der Waals surface area contributed by atoms with Crippen molar-refractivity contribution in [3.8, 4) is 0 Å². The summed E-state index contributed by atoms with van der Waals surface area (Å²) in [4.78, 5) is 12.4. The van der Waals surface area contributed by atoms with E-state index in [0.29, 0.717) is 19.6 Å². The van der Waals surface area contributed by atoms with E-state index in [2.05, 4.69) is 26.0 Å². The molecule has 0 aliphatic heterocycles. The zero-order chi connectivity index (χ0) is 18.3. The summed E-state index contributed by atoms with van der Waals surface area (Å²) in [7, 11) is -2.19. The molecule has 2 N–H and O–H groups in total. The summed E-state index contributed by atoms with van der Waals surface area (Å²) >= 11 is 3.27. The molecule has 0 atom stereocenters. The average Bonchev–Trinajstić information content (AvgIpc) is 2.59. The van der Waals surface area contributed by atoms with Gasteiger partial charge in [-0.05, 0) is 42.8 Å². The quantitative estimate of drug-likeness (QED) is 0.635. The molecule has 0 unspecified atom stereocenters. The van der Waals surface area contributed by atoms with Crippen LogP contribution in [0.3, 0.4) is 0 Å². The normalized spacial score (nSPS) is 11.1. The van der Waals surface area contributed by atoms with E-state index in [1.54, 1.807) is 43.5 Å². The Labute approximate surface area is 155 Å². The van der Waals surface area contributed by atoms with E-state index in [1.807, 2.05) is 0 Å². The molecule has 25 heavy (non-hydrogen) atoms. The number of rotatable bonds is 8. The molecule has 2 aromatic rings. The largest absolute Gasteiger partial charge is 0.385 e. The third-order valence-corrected chi connectivity index (χ3v) is 5.26. The minimum absolute atomic E-state index is 0.117. The Morgan fingerprint density at radius 3 is 2.48 bits per heavy atom. The van der Waals surface area contributed by atoms with Crippen LogP contribution in [0.25, 0.3) is 0 Å². The maximum Gasteiger partial charge on any atom is 0.261 e. The third-order valence-electron chi connectivity index (χ3n) is 3.35. The van der Waals surface area contributed by atoms with Gasteiger partial charge in [-0.3, -0.25) is 9.52 Å². The van der Waals surface area contributed by atoms with Crippen molar-refractivity contribution >= 4 is 37.5 Å². The fourth-order valence-corrected chi connectivity index (χ4v) is 3.45. The van der Waals surface area contributed by atoms with Crippen LogP contribution < -0.4 is 10.0 Å². The van der Waals surface area contributed by atoms with Crippen LogP contribution >= 0.6 is 15.9 Å². The van der Waals surface area contributed by atoms with E-state index in [9.17, 15) is 13.2 Å². The summed E-state index contributed by atoms with van der Waals surface area (Å²) < 4.78 is 33.2. The maximum atomic E-state index is 12.5. The molecule has 0 fully saturated rings. The van der Waals surface area contributed by atoms with Crippen LogP contribution in [0.5, 0.6) is 0 Å². The number of benzene rings is 2. The van der Waals surface area contributed by atoms with Gasteiger partial charge in [-0.1, -0.05) is 28.1 Å². The number of carbonyl (C=O) groups is 1. The highest BCUT2D eigenvalue weighted by atomic mass is 79.9. The molecule has 0 bridgehead atoms. The Balaban J connectivity index is 2.17. The van der Waals surface area contributed by atoms with Crippen molar-refractivity contribution in [2.24, 2.45) is 0 Å². The molecule has 0 aliphatic rings. The second-order valence-electron chi connectivity index (χ2n) is 5.21. The predicted molar refractivity (Wildman–Crippen MR) is 100 cm³/mol. The van der Waals surface area contributed by atoms with Gasteiger partial charge >= 0.3 is 0 Å². The topological polar surface area (TPSA) is 84.5 Å². The molecular weight excluding hydrogens is 408 g/mol. The van der Waals surface area contributed by atoms with Crippen LogP contribution in [-0.4, -0.2) is 34.6 Å². The zero-order valence-corrected chi connectivity index (χ0v) is 16.1. The van der Waals surface area contributed by atoms with Gasteiger partial charge in [0.15, 0.2) is 0 Å². The van der Waals surface area contributed by atoms with Crippen molar-refractivity contribution < 1.29 is 17.9 Å². The lowest BCUT2D eigenvalue weighted by Crippen LogP contribution is -2.26. The van der Waals surface area contributed by atoms with Crippen molar-refractivity contribution in [1.82, 2.24) is 5.32 Å². The second kappa shape index (κ2) is 8.98. The summed E-state index contributed by atoms with van der Waals surface area (Å²) in [5.41, 5.74) is 0.496. The highest BCUT2D eigenvalue weighted by molar-refractivity contribution is 9.10. The number of amides is 1. The van der Waals surface area contributed by atoms with E-state index in [0.717, 1.165) is 4.47 Å². The Bertz CT molecular complexity index is 823. The van der Waals surface area contributed by atoms with Gasteiger partial charge in [0.25, 0.3) is 15.9 Å². The zero-order valence-electron chi connectivity index (χ0n) is 13.7. The maximum absolute atomic E-state index is 12.5. The van der Waals surface area contributed by atoms with E-state index in [-0.39, 0.29) is 22.1 Å². The second-order valence-corrected chi connectivity index (χ2v) is 7.81. The summed E-state index contributed by atoms with van der Waals surface area (Å²) in [6, 6.07) is 12.7. The van der Waals surface area contributed by atoms with Crippen molar-refractivity contribution in [2.75, 3.05) is 25.0 Å². The van der Waals surface area contributed by atoms with Crippen LogP contribution in [0.1, 0.15) is 16.8 Å². The first-order valence-corrected chi connectivity index (χ1v) is 9.86. The fraction of sp³-hybridized carbons (Fsp3) is 0.235. The molecule has 0 saturated heterocycles. The summed E-state index contributed by atoms with van der Waals surface area (Å²) in [6.07, 6.45) is 0.676. The lowest BCUT2D eigenvalue weighted by molar-refractivity contribution is 0.0949. The Morgan fingerprint density at radius 2 is 1.80 bits per heavy atom. The van der Waals surface area contributed by atoms with Crippen LogP contribution in [0.15, 0.2) is 57.9 Å². The third kappa shape index (κ3) is 5.55. The molecule has 0 aromatic heterocycles. The van der Waals surface area contributed by atoms with E-state index in [1.165, 1.54) is 12.1 Å². The van der Waals surface area contributed by atoms with Crippen LogP contribution in [-0.2, 0) is 14.8 Å². The highest BCUT2D eigenvalue weighted by Crippen LogP contribution is 2.21. The van der Waals surface area contributed by atoms with Gasteiger partial charge in [0.2, 0.25) is 0 Å². The first kappa shape index (κ1) is 19.4. The number of nitrogens with one attached hydrogen (secondary N) is 2. The van der Waals surface area contributed by atoms with Gasteiger partial charge in [-0.2, -0.15) is 0 Å². The van der Waals surface area contributed by atoms with Crippen molar-refractivity contribution in [1.29, 1.82) is 0 Å². The van der Waals surface area contributed by atoms with Gasteiger partial charge < -0.3 is 10.1 Å². The first-order chi connectivity index (χ1) is 11.9. The Hall–Kier alpha value is -1.90. The summed E-state index contributed by atoms with van der Waals surface area (Å²) in [5.74, 6) is -0.342. The standard InChI is InChI=1S/C17H19BrN2O4S/c1-24-12-4-11-19-17(21)15-5-2-3-6-16(15)20-25(22,23)14-9-7-13(18)8-10-14/h2-3,5-10,20H,4,11-12H2,1H3,(H,19,21). The number of hydrogen-bond acceptors (Lipinski definition) is 4. The highest BCUT2D eigenvalue weighted by Gasteiger charge is 2.18. The van der Waals surface area contributed by atoms with Gasteiger partial charge in [0.05, 0.1) is 16.1 Å². The van der Waals surface area contributed by atoms with Gasteiger partial charge in [-0.25, -0.2) is 8.42 Å². The molecule has 0 radical (unpaired) electrons. The van der Waals surface area contributed by atoms with Crippen LogP contribution in [0.4, 0.5) is 5.69 Å². The fourth-order valence-electron chi connectivity index (χ4n) is 2.10. The first-order valence-electron chi connectivity index (χ1n) is 7.58. The molecule has 2 aromatic carbocycles. The predicted octanol–water partition coefficient (Wildman–Crippen LogP) is 3.02. The molecule has 0 saturated carbocycles. The molecular formula is C17H19BrN2O4S. The Morgan fingerprint density at radius 1 is 1.12 bits per heavy atom. The molecule has 0 aliphatic carbocycles. The van der Waals surface area contributed by atoms with Gasteiger partial charge in [0.1, 0.15) is 0 Å². The van der Waals surface area contributed by atoms with E-state index >= 15 is 0 Å². The number of carbonyl (C=O) groups excluding carboxylic acids is 1. The van der Waals surface area contributed by atoms with E-state index < -0.39 is 10.0 Å². The number of anilines is 1. The molecule has 134 valence electrons. The number of sulfonamides is 1. The number of hydrogen-bond donors (Lipinski definition) is 2. The molecule has 1 amide bonds. The molecule has 0 spiro atoms. The molecule has 6 nitrogen and oxygen atoms in total. The average molecular weight is 427 g/mol. The van der Waals surface area contributed by atoms with Crippen molar-refractivity contribution in [3.05, 3.63) is 58.6 Å². The lowest BCUT2D eigenvalue weighted by Gasteiger charge is -2.13. The summed E-state index contributed by atoms with van der Waals surface area (Å²) in [5, 5.41) is 2.75. The van der Waals surface area contributed by atoms with Gasteiger partial charge in [0, 0.05) is 24.7 Å². The minimum atomic E-state index is -3.79. The van der Waals surface area contributed by atoms with Gasteiger partial charge in [-0.15, -0.1) is 0 Å². The number of ether oxygens (including phenoxy) is 1. The number of methoxy groups -OCH3 is 1. The minimum Gasteiger partial charge on any atom is -0.385 e. The molecule has 2 rings (SSSR count). The number of para-hydroxylation sites is 1. The lowest BCUT2D eigenvalue weighted by atomic mass is 10.1. The van der Waals surface area contributed by atoms with Crippen LogP contribution in [0.2, 0.25) is 0 Å². The van der Waals surface area contributed by atoms with Crippen molar-refractivity contribution in [2.45, 2.75) is 11.3 Å². The molecule has 8 heteroatoms. The van der Waals surface area contributed by atoms with Crippen LogP contribution in [0, 0.1) is 0 Å². The SMILES string of the molecule is COCCCNC(=O)c1ccccc1NS(=O)(=O)c1ccc(Br)cc1. The Kier molecular flexibility index (Phi) is 6.98.